The van der Waals surface area contributed by atoms with Crippen LogP contribution in [0.5, 0.6) is 0 Å². The molecule has 5 nitrogen and oxygen atoms in total. The summed E-state index contributed by atoms with van der Waals surface area (Å²) < 4.78 is 0. The molecule has 5 heteroatoms. The molecule has 0 unspecified atom stereocenters. The van der Waals surface area contributed by atoms with Gasteiger partial charge in [0.05, 0.1) is 6.10 Å². The van der Waals surface area contributed by atoms with E-state index in [-0.39, 0.29) is 11.5 Å². The third-order valence-corrected chi connectivity index (χ3v) is 3.54. The molecular formula is C15H26N4O. The van der Waals surface area contributed by atoms with Gasteiger partial charge in [-0.2, -0.15) is 0 Å². The first-order chi connectivity index (χ1) is 9.38. The van der Waals surface area contributed by atoms with E-state index >= 15 is 0 Å². The fraction of sp³-hybridized carbons (Fsp3) is 0.733. The van der Waals surface area contributed by atoms with Crippen molar-refractivity contribution >= 4 is 11.6 Å². The number of aliphatic hydroxyl groups is 1. The van der Waals surface area contributed by atoms with Crippen LogP contribution in [0.3, 0.4) is 0 Å². The molecule has 112 valence electrons. The number of hydrogen-bond acceptors (Lipinski definition) is 5. The Morgan fingerprint density at radius 3 is 2.30 bits per heavy atom. The summed E-state index contributed by atoms with van der Waals surface area (Å²) in [6.45, 7) is 10.1. The smallest absolute Gasteiger partial charge is 0.138 e. The van der Waals surface area contributed by atoms with Gasteiger partial charge < -0.3 is 15.7 Å². The summed E-state index contributed by atoms with van der Waals surface area (Å²) in [5.41, 5.74) is -0.0749. The van der Waals surface area contributed by atoms with Crippen molar-refractivity contribution in [3.8, 4) is 0 Å². The minimum Gasteiger partial charge on any atom is -0.393 e. The zero-order valence-corrected chi connectivity index (χ0v) is 12.9. The van der Waals surface area contributed by atoms with Crippen molar-refractivity contribution in [2.45, 2.75) is 52.1 Å². The maximum atomic E-state index is 9.32. The van der Waals surface area contributed by atoms with Gasteiger partial charge in [-0.3, -0.25) is 0 Å². The SMILES string of the molecule is CCNc1cc(NCC2CC(O)C2)nc(C(C)(C)C)n1. The Bertz CT molecular complexity index is 450. The van der Waals surface area contributed by atoms with Gasteiger partial charge in [-0.1, -0.05) is 20.8 Å². The van der Waals surface area contributed by atoms with E-state index in [1.54, 1.807) is 0 Å². The van der Waals surface area contributed by atoms with Crippen LogP contribution in [-0.4, -0.2) is 34.3 Å². The normalized spacial score (nSPS) is 22.2. The van der Waals surface area contributed by atoms with Gasteiger partial charge in [0.1, 0.15) is 17.5 Å². The molecule has 1 aliphatic rings. The van der Waals surface area contributed by atoms with Crippen LogP contribution in [0.4, 0.5) is 11.6 Å². The molecule has 2 rings (SSSR count). The fourth-order valence-electron chi connectivity index (χ4n) is 2.26. The van der Waals surface area contributed by atoms with E-state index < -0.39 is 0 Å². The highest BCUT2D eigenvalue weighted by atomic mass is 16.3. The van der Waals surface area contributed by atoms with Gasteiger partial charge in [0, 0.05) is 24.6 Å². The summed E-state index contributed by atoms with van der Waals surface area (Å²) in [5, 5.41) is 15.9. The molecule has 0 aliphatic heterocycles. The van der Waals surface area contributed by atoms with Crippen molar-refractivity contribution in [2.24, 2.45) is 5.92 Å². The zero-order valence-electron chi connectivity index (χ0n) is 12.9. The lowest BCUT2D eigenvalue weighted by atomic mass is 9.82. The van der Waals surface area contributed by atoms with E-state index in [1.165, 1.54) is 0 Å². The van der Waals surface area contributed by atoms with Crippen LogP contribution in [0.1, 0.15) is 46.4 Å². The summed E-state index contributed by atoms with van der Waals surface area (Å²) in [6, 6.07) is 1.95. The number of anilines is 2. The van der Waals surface area contributed by atoms with E-state index in [2.05, 4.69) is 48.3 Å². The molecule has 0 amide bonds. The van der Waals surface area contributed by atoms with Crippen molar-refractivity contribution in [2.75, 3.05) is 23.7 Å². The molecule has 3 N–H and O–H groups in total. The summed E-state index contributed by atoms with van der Waals surface area (Å²) in [5.74, 6) is 3.12. The van der Waals surface area contributed by atoms with Crippen molar-refractivity contribution in [1.82, 2.24) is 9.97 Å². The van der Waals surface area contributed by atoms with Crippen LogP contribution < -0.4 is 10.6 Å². The second-order valence-corrected chi connectivity index (χ2v) is 6.61. The van der Waals surface area contributed by atoms with Crippen LogP contribution in [-0.2, 0) is 5.41 Å². The van der Waals surface area contributed by atoms with Crippen LogP contribution in [0.15, 0.2) is 6.07 Å². The third-order valence-electron chi connectivity index (χ3n) is 3.54. The van der Waals surface area contributed by atoms with Gasteiger partial charge in [0.25, 0.3) is 0 Å². The van der Waals surface area contributed by atoms with Gasteiger partial charge in [0.15, 0.2) is 0 Å². The molecule has 20 heavy (non-hydrogen) atoms. The second kappa shape index (κ2) is 5.95. The number of nitrogens with zero attached hydrogens (tertiary/aromatic N) is 2. The summed E-state index contributed by atoms with van der Waals surface area (Å²) in [7, 11) is 0. The Balaban J connectivity index is 2.08. The van der Waals surface area contributed by atoms with Gasteiger partial charge in [0.2, 0.25) is 0 Å². The highest BCUT2D eigenvalue weighted by Gasteiger charge is 2.27. The molecule has 0 spiro atoms. The number of aliphatic hydroxyl groups excluding tert-OH is 1. The third kappa shape index (κ3) is 3.82. The van der Waals surface area contributed by atoms with Crippen LogP contribution >= 0.6 is 0 Å². The minimum absolute atomic E-state index is 0.0749. The Morgan fingerprint density at radius 1 is 1.20 bits per heavy atom. The largest absolute Gasteiger partial charge is 0.393 e. The maximum Gasteiger partial charge on any atom is 0.138 e. The predicted molar refractivity (Wildman–Crippen MR) is 82.1 cm³/mol. The van der Waals surface area contributed by atoms with E-state index in [9.17, 15) is 5.11 Å². The zero-order chi connectivity index (χ0) is 14.8. The van der Waals surface area contributed by atoms with Crippen molar-refractivity contribution < 1.29 is 5.11 Å². The fourth-order valence-corrected chi connectivity index (χ4v) is 2.26. The standard InChI is InChI=1S/C15H26N4O/c1-5-16-12-8-13(17-9-10-6-11(20)7-10)19-14(18-12)15(2,3)4/h8,10-11,20H,5-7,9H2,1-4H3,(H2,16,17,18,19). The summed E-state index contributed by atoms with van der Waals surface area (Å²) in [4.78, 5) is 9.18. The van der Waals surface area contributed by atoms with Crippen LogP contribution in [0, 0.1) is 5.92 Å². The first-order valence-corrected chi connectivity index (χ1v) is 7.44. The molecule has 1 aromatic heterocycles. The molecule has 1 heterocycles. The van der Waals surface area contributed by atoms with Gasteiger partial charge in [-0.25, -0.2) is 9.97 Å². The highest BCUT2D eigenvalue weighted by Crippen LogP contribution is 2.28. The average Bonchev–Trinajstić information content (AvgIpc) is 2.32. The Labute approximate surface area is 121 Å². The van der Waals surface area contributed by atoms with Gasteiger partial charge >= 0.3 is 0 Å². The summed E-state index contributed by atoms with van der Waals surface area (Å²) >= 11 is 0. The lowest BCUT2D eigenvalue weighted by Crippen LogP contribution is -2.33. The highest BCUT2D eigenvalue weighted by molar-refractivity contribution is 5.48. The second-order valence-electron chi connectivity index (χ2n) is 6.61. The van der Waals surface area contributed by atoms with E-state index in [1.807, 2.05) is 6.07 Å². The summed E-state index contributed by atoms with van der Waals surface area (Å²) in [6.07, 6.45) is 1.68. The van der Waals surface area contributed by atoms with Crippen molar-refractivity contribution in [1.29, 1.82) is 0 Å². The molecule has 1 saturated carbocycles. The van der Waals surface area contributed by atoms with Crippen LogP contribution in [0.2, 0.25) is 0 Å². The molecular weight excluding hydrogens is 252 g/mol. The molecule has 1 aliphatic carbocycles. The first kappa shape index (κ1) is 15.0. The quantitative estimate of drug-likeness (QED) is 0.771. The number of hydrogen-bond donors (Lipinski definition) is 3. The Kier molecular flexibility index (Phi) is 4.48. The molecule has 0 saturated heterocycles. The van der Waals surface area contributed by atoms with Crippen LogP contribution in [0.25, 0.3) is 0 Å². The molecule has 0 atom stereocenters. The monoisotopic (exact) mass is 278 g/mol. The topological polar surface area (TPSA) is 70.1 Å². The lowest BCUT2D eigenvalue weighted by molar-refractivity contribution is 0.0486. The number of aromatic nitrogens is 2. The lowest BCUT2D eigenvalue weighted by Gasteiger charge is -2.31. The maximum absolute atomic E-state index is 9.32. The number of rotatable bonds is 5. The Morgan fingerprint density at radius 2 is 1.80 bits per heavy atom. The van der Waals surface area contributed by atoms with E-state index in [0.717, 1.165) is 43.4 Å². The molecule has 0 radical (unpaired) electrons. The van der Waals surface area contributed by atoms with Gasteiger partial charge in [-0.15, -0.1) is 0 Å². The molecule has 1 fully saturated rings. The predicted octanol–water partition coefficient (Wildman–Crippen LogP) is 2.39. The first-order valence-electron chi connectivity index (χ1n) is 7.44. The molecule has 1 aromatic rings. The molecule has 0 aromatic carbocycles. The average molecular weight is 278 g/mol. The van der Waals surface area contributed by atoms with E-state index in [0.29, 0.717) is 5.92 Å². The van der Waals surface area contributed by atoms with Crippen molar-refractivity contribution in [3.63, 3.8) is 0 Å². The van der Waals surface area contributed by atoms with Gasteiger partial charge in [-0.05, 0) is 25.7 Å². The number of nitrogens with one attached hydrogen (secondary N) is 2. The van der Waals surface area contributed by atoms with E-state index in [4.69, 9.17) is 0 Å². The minimum atomic E-state index is -0.102. The molecule has 0 bridgehead atoms. The Hall–Kier alpha value is -1.36. The van der Waals surface area contributed by atoms with Crippen molar-refractivity contribution in [3.05, 3.63) is 11.9 Å².